The van der Waals surface area contributed by atoms with Crippen LogP contribution in [0.3, 0.4) is 0 Å². The van der Waals surface area contributed by atoms with Gasteiger partial charge in [-0.1, -0.05) is 147 Å². The number of carbonyl (C=O) groups is 1. The standard InChI is InChI=1S/C30H52O2/c1-3-5-7-9-11-12-14-17-23-29(22-16-13-10-8-6-4-2)26-27-32-30(31)25-24-28-20-18-15-19-21-28/h15,18-21,29H,3-14,16-17,22-27H2,1-2H3. The number of rotatable bonds is 22. The Morgan fingerprint density at radius 3 is 1.72 bits per heavy atom. The highest BCUT2D eigenvalue weighted by atomic mass is 16.5. The summed E-state index contributed by atoms with van der Waals surface area (Å²) in [6.07, 6.45) is 24.2. The monoisotopic (exact) mass is 444 g/mol. The van der Waals surface area contributed by atoms with Gasteiger partial charge in [-0.3, -0.25) is 4.79 Å². The topological polar surface area (TPSA) is 26.3 Å². The van der Waals surface area contributed by atoms with E-state index in [1.807, 2.05) is 18.2 Å². The van der Waals surface area contributed by atoms with Gasteiger partial charge in [0, 0.05) is 6.42 Å². The first kappa shape index (κ1) is 28.7. The van der Waals surface area contributed by atoms with Crippen LogP contribution in [0.15, 0.2) is 30.3 Å². The van der Waals surface area contributed by atoms with Crippen LogP contribution < -0.4 is 0 Å². The summed E-state index contributed by atoms with van der Waals surface area (Å²) >= 11 is 0. The maximum Gasteiger partial charge on any atom is 0.306 e. The minimum atomic E-state index is -0.0424. The Hall–Kier alpha value is -1.31. The zero-order valence-electron chi connectivity index (χ0n) is 21.4. The Bertz CT molecular complexity index is 525. The fourth-order valence-corrected chi connectivity index (χ4v) is 4.52. The number of aryl methyl sites for hydroxylation is 1. The maximum absolute atomic E-state index is 12.1. The van der Waals surface area contributed by atoms with Crippen molar-refractivity contribution < 1.29 is 9.53 Å². The molecule has 184 valence electrons. The molecule has 0 radical (unpaired) electrons. The predicted molar refractivity (Wildman–Crippen MR) is 139 cm³/mol. The minimum absolute atomic E-state index is 0.0424. The van der Waals surface area contributed by atoms with E-state index in [1.165, 1.54) is 108 Å². The zero-order valence-corrected chi connectivity index (χ0v) is 21.4. The molecule has 0 aromatic heterocycles. The van der Waals surface area contributed by atoms with Crippen molar-refractivity contribution in [3.8, 4) is 0 Å². The Morgan fingerprint density at radius 1 is 0.688 bits per heavy atom. The smallest absolute Gasteiger partial charge is 0.306 e. The van der Waals surface area contributed by atoms with Crippen LogP contribution in [0.25, 0.3) is 0 Å². The van der Waals surface area contributed by atoms with E-state index in [1.54, 1.807) is 0 Å². The Labute approximate surface area is 199 Å². The summed E-state index contributed by atoms with van der Waals surface area (Å²) in [6.45, 7) is 5.16. The van der Waals surface area contributed by atoms with Crippen LogP contribution >= 0.6 is 0 Å². The van der Waals surface area contributed by atoms with E-state index in [4.69, 9.17) is 4.74 Å². The second-order valence-electron chi connectivity index (χ2n) is 9.68. The summed E-state index contributed by atoms with van der Waals surface area (Å²) in [4.78, 5) is 12.1. The van der Waals surface area contributed by atoms with Crippen LogP contribution in [0.4, 0.5) is 0 Å². The van der Waals surface area contributed by atoms with Crippen molar-refractivity contribution in [2.75, 3.05) is 6.61 Å². The molecular formula is C30H52O2. The molecule has 0 amide bonds. The first-order valence-electron chi connectivity index (χ1n) is 14.0. The number of benzene rings is 1. The number of esters is 1. The van der Waals surface area contributed by atoms with Crippen LogP contribution in [0, 0.1) is 5.92 Å². The molecule has 0 aliphatic carbocycles. The zero-order chi connectivity index (χ0) is 23.1. The van der Waals surface area contributed by atoms with Crippen LogP contribution in [0.5, 0.6) is 0 Å². The van der Waals surface area contributed by atoms with Gasteiger partial charge in [0.2, 0.25) is 0 Å². The van der Waals surface area contributed by atoms with Gasteiger partial charge in [-0.15, -0.1) is 0 Å². The van der Waals surface area contributed by atoms with E-state index in [2.05, 4.69) is 26.0 Å². The van der Waals surface area contributed by atoms with Gasteiger partial charge in [0.15, 0.2) is 0 Å². The molecule has 0 spiro atoms. The minimum Gasteiger partial charge on any atom is -0.466 e. The second kappa shape index (κ2) is 21.5. The van der Waals surface area contributed by atoms with Gasteiger partial charge < -0.3 is 4.74 Å². The van der Waals surface area contributed by atoms with Crippen molar-refractivity contribution in [1.82, 2.24) is 0 Å². The highest BCUT2D eigenvalue weighted by molar-refractivity contribution is 5.69. The maximum atomic E-state index is 12.1. The molecule has 2 nitrogen and oxygen atoms in total. The third kappa shape index (κ3) is 17.3. The summed E-state index contributed by atoms with van der Waals surface area (Å²) in [5, 5.41) is 0. The van der Waals surface area contributed by atoms with Crippen molar-refractivity contribution in [2.24, 2.45) is 5.92 Å². The Morgan fingerprint density at radius 2 is 1.19 bits per heavy atom. The normalized spacial score (nSPS) is 12.1. The summed E-state index contributed by atoms with van der Waals surface area (Å²) in [7, 11) is 0. The fraction of sp³-hybridized carbons (Fsp3) is 0.767. The van der Waals surface area contributed by atoms with Gasteiger partial charge in [-0.25, -0.2) is 0 Å². The van der Waals surface area contributed by atoms with Crippen molar-refractivity contribution in [2.45, 2.75) is 136 Å². The van der Waals surface area contributed by atoms with E-state index in [0.717, 1.165) is 18.8 Å². The fourth-order valence-electron chi connectivity index (χ4n) is 4.52. The molecule has 0 saturated heterocycles. The number of hydrogen-bond acceptors (Lipinski definition) is 2. The molecule has 32 heavy (non-hydrogen) atoms. The van der Waals surface area contributed by atoms with Crippen molar-refractivity contribution >= 4 is 5.97 Å². The van der Waals surface area contributed by atoms with Gasteiger partial charge >= 0.3 is 5.97 Å². The van der Waals surface area contributed by atoms with Gasteiger partial charge in [0.25, 0.3) is 0 Å². The van der Waals surface area contributed by atoms with Crippen molar-refractivity contribution in [1.29, 1.82) is 0 Å². The van der Waals surface area contributed by atoms with Crippen molar-refractivity contribution in [3.63, 3.8) is 0 Å². The first-order valence-corrected chi connectivity index (χ1v) is 14.0. The second-order valence-corrected chi connectivity index (χ2v) is 9.68. The summed E-state index contributed by atoms with van der Waals surface area (Å²) in [5.41, 5.74) is 1.21. The highest BCUT2D eigenvalue weighted by Crippen LogP contribution is 2.22. The largest absolute Gasteiger partial charge is 0.466 e. The molecule has 0 aliphatic rings. The molecule has 0 heterocycles. The van der Waals surface area contributed by atoms with E-state index in [0.29, 0.717) is 13.0 Å². The molecule has 2 heteroatoms. The number of carbonyl (C=O) groups excluding carboxylic acids is 1. The van der Waals surface area contributed by atoms with Crippen LogP contribution in [0.2, 0.25) is 0 Å². The quantitative estimate of drug-likeness (QED) is 0.131. The van der Waals surface area contributed by atoms with Gasteiger partial charge in [-0.2, -0.15) is 0 Å². The first-order chi connectivity index (χ1) is 15.8. The lowest BCUT2D eigenvalue weighted by Gasteiger charge is -2.17. The molecule has 1 unspecified atom stereocenters. The number of unbranched alkanes of at least 4 members (excludes halogenated alkanes) is 12. The molecule has 1 aromatic rings. The van der Waals surface area contributed by atoms with Gasteiger partial charge in [0.05, 0.1) is 6.61 Å². The molecule has 0 bridgehead atoms. The van der Waals surface area contributed by atoms with Crippen LogP contribution in [-0.4, -0.2) is 12.6 Å². The van der Waals surface area contributed by atoms with Gasteiger partial charge in [-0.05, 0) is 24.3 Å². The summed E-state index contributed by atoms with van der Waals surface area (Å²) in [5.74, 6) is 0.683. The third-order valence-corrected chi connectivity index (χ3v) is 6.68. The van der Waals surface area contributed by atoms with Crippen molar-refractivity contribution in [3.05, 3.63) is 35.9 Å². The molecule has 1 atom stereocenters. The molecular weight excluding hydrogens is 392 g/mol. The lowest BCUT2D eigenvalue weighted by atomic mass is 9.91. The van der Waals surface area contributed by atoms with Crippen LogP contribution in [0.1, 0.15) is 135 Å². The lowest BCUT2D eigenvalue weighted by Crippen LogP contribution is -2.11. The summed E-state index contributed by atoms with van der Waals surface area (Å²) < 4.78 is 5.60. The Kier molecular flexibility index (Phi) is 19.3. The SMILES string of the molecule is CCCCCCCCCCC(CCCCCCCC)CCOC(=O)CCc1ccccc1. The highest BCUT2D eigenvalue weighted by Gasteiger charge is 2.11. The average Bonchev–Trinajstić information content (AvgIpc) is 2.81. The van der Waals surface area contributed by atoms with E-state index in [-0.39, 0.29) is 5.97 Å². The lowest BCUT2D eigenvalue weighted by molar-refractivity contribution is -0.144. The van der Waals surface area contributed by atoms with E-state index >= 15 is 0 Å². The number of ether oxygens (including phenoxy) is 1. The molecule has 0 fully saturated rings. The summed E-state index contributed by atoms with van der Waals surface area (Å²) in [6, 6.07) is 10.2. The molecule has 0 saturated carbocycles. The average molecular weight is 445 g/mol. The molecule has 0 N–H and O–H groups in total. The number of hydrogen-bond donors (Lipinski definition) is 0. The van der Waals surface area contributed by atoms with Gasteiger partial charge in [0.1, 0.15) is 0 Å². The molecule has 1 aromatic carbocycles. The molecule has 0 aliphatic heterocycles. The predicted octanol–water partition coefficient (Wildman–Crippen LogP) is 9.45. The van der Waals surface area contributed by atoms with Crippen LogP contribution in [-0.2, 0) is 16.0 Å². The molecule has 1 rings (SSSR count). The third-order valence-electron chi connectivity index (χ3n) is 6.68. The van der Waals surface area contributed by atoms with E-state index < -0.39 is 0 Å². The Balaban J connectivity index is 2.21. The van der Waals surface area contributed by atoms with E-state index in [9.17, 15) is 4.79 Å².